The summed E-state index contributed by atoms with van der Waals surface area (Å²) in [6.45, 7) is 8.47. The van der Waals surface area contributed by atoms with Crippen LogP contribution in [0, 0.1) is 5.92 Å². The van der Waals surface area contributed by atoms with E-state index >= 15 is 0 Å². The number of thioether (sulfide) groups is 1. The molecule has 2 N–H and O–H groups in total. The van der Waals surface area contributed by atoms with E-state index in [0.717, 1.165) is 18.6 Å². The first-order valence-electron chi connectivity index (χ1n) is 5.62. The third kappa shape index (κ3) is 6.98. The van der Waals surface area contributed by atoms with Gasteiger partial charge in [-0.15, -0.1) is 6.58 Å². The Kier molecular flexibility index (Phi) is 9.26. The van der Waals surface area contributed by atoms with E-state index in [1.165, 1.54) is 0 Å². The summed E-state index contributed by atoms with van der Waals surface area (Å²) in [5, 5.41) is 12.5. The average Bonchev–Trinajstić information content (AvgIpc) is 2.18. The molecule has 0 saturated carbocycles. The van der Waals surface area contributed by atoms with Crippen molar-refractivity contribution < 1.29 is 5.11 Å². The Morgan fingerprint density at radius 2 is 2.13 bits per heavy atom. The Morgan fingerprint density at radius 1 is 1.47 bits per heavy atom. The Morgan fingerprint density at radius 3 is 2.60 bits per heavy atom. The predicted octanol–water partition coefficient (Wildman–Crippen LogP) is 2.29. The molecule has 0 aliphatic heterocycles. The van der Waals surface area contributed by atoms with Crippen molar-refractivity contribution in [3.05, 3.63) is 12.7 Å². The molecule has 2 nitrogen and oxygen atoms in total. The highest BCUT2D eigenvalue weighted by Gasteiger charge is 2.15. The highest BCUT2D eigenvalue weighted by atomic mass is 32.2. The molecular formula is C12H25NOS. The van der Waals surface area contributed by atoms with Gasteiger partial charge >= 0.3 is 0 Å². The summed E-state index contributed by atoms with van der Waals surface area (Å²) in [5.74, 6) is 1.66. The number of aliphatic hydroxyl groups excluding tert-OH is 1. The molecule has 90 valence electrons. The van der Waals surface area contributed by atoms with E-state index in [2.05, 4.69) is 32.0 Å². The monoisotopic (exact) mass is 231 g/mol. The molecule has 0 fully saturated rings. The largest absolute Gasteiger partial charge is 0.396 e. The molecule has 0 amide bonds. The molecule has 0 aliphatic rings. The van der Waals surface area contributed by atoms with Crippen LogP contribution in [0.25, 0.3) is 0 Å². The van der Waals surface area contributed by atoms with Crippen molar-refractivity contribution >= 4 is 11.8 Å². The molecule has 0 bridgehead atoms. The van der Waals surface area contributed by atoms with Crippen molar-refractivity contribution in [3.63, 3.8) is 0 Å². The van der Waals surface area contributed by atoms with Gasteiger partial charge in [0, 0.05) is 24.4 Å². The van der Waals surface area contributed by atoms with Crippen LogP contribution in [-0.2, 0) is 0 Å². The average molecular weight is 231 g/mol. The van der Waals surface area contributed by atoms with Crippen LogP contribution in [0.3, 0.4) is 0 Å². The second kappa shape index (κ2) is 9.25. The van der Waals surface area contributed by atoms with Gasteiger partial charge in [-0.25, -0.2) is 0 Å². The summed E-state index contributed by atoms with van der Waals surface area (Å²) in [6.07, 6.45) is 5.95. The first-order chi connectivity index (χ1) is 7.15. The molecule has 0 spiro atoms. The van der Waals surface area contributed by atoms with Gasteiger partial charge in [0.15, 0.2) is 0 Å². The van der Waals surface area contributed by atoms with Gasteiger partial charge in [0.2, 0.25) is 0 Å². The van der Waals surface area contributed by atoms with E-state index in [0.29, 0.717) is 18.0 Å². The molecular weight excluding hydrogens is 206 g/mol. The fraction of sp³-hybridized carbons (Fsp3) is 0.833. The summed E-state index contributed by atoms with van der Waals surface area (Å²) in [4.78, 5) is 0. The van der Waals surface area contributed by atoms with Crippen LogP contribution in [0.5, 0.6) is 0 Å². The lowest BCUT2D eigenvalue weighted by Crippen LogP contribution is -2.42. The zero-order valence-corrected chi connectivity index (χ0v) is 11.0. The number of hydrogen-bond acceptors (Lipinski definition) is 3. The van der Waals surface area contributed by atoms with Gasteiger partial charge in [-0.05, 0) is 31.9 Å². The molecule has 3 heteroatoms. The molecule has 0 rings (SSSR count). The Balaban J connectivity index is 3.96. The van der Waals surface area contributed by atoms with Gasteiger partial charge in [-0.2, -0.15) is 11.8 Å². The molecule has 0 aromatic carbocycles. The van der Waals surface area contributed by atoms with Crippen molar-refractivity contribution in [2.75, 3.05) is 18.6 Å². The third-order valence-corrected chi connectivity index (χ3v) is 3.47. The third-order valence-electron chi connectivity index (χ3n) is 2.74. The van der Waals surface area contributed by atoms with Gasteiger partial charge in [0.05, 0.1) is 0 Å². The van der Waals surface area contributed by atoms with Crippen molar-refractivity contribution in [1.82, 2.24) is 5.32 Å². The van der Waals surface area contributed by atoms with E-state index in [4.69, 9.17) is 5.11 Å². The predicted molar refractivity (Wildman–Crippen MR) is 70.4 cm³/mol. The van der Waals surface area contributed by atoms with Crippen LogP contribution in [0.4, 0.5) is 0 Å². The van der Waals surface area contributed by atoms with E-state index in [1.54, 1.807) is 0 Å². The van der Waals surface area contributed by atoms with Crippen molar-refractivity contribution in [1.29, 1.82) is 0 Å². The number of hydrogen-bond donors (Lipinski definition) is 2. The van der Waals surface area contributed by atoms with Gasteiger partial charge in [-0.1, -0.05) is 13.0 Å². The fourth-order valence-electron chi connectivity index (χ4n) is 1.57. The van der Waals surface area contributed by atoms with Gasteiger partial charge in [0.1, 0.15) is 0 Å². The Bertz CT molecular complexity index is 158. The lowest BCUT2D eigenvalue weighted by molar-refractivity contribution is 0.257. The molecule has 0 radical (unpaired) electrons. The lowest BCUT2D eigenvalue weighted by atomic mass is 9.99. The van der Waals surface area contributed by atoms with E-state index in [-0.39, 0.29) is 6.61 Å². The number of aliphatic hydroxyl groups is 1. The molecule has 3 atom stereocenters. The summed E-state index contributed by atoms with van der Waals surface area (Å²) >= 11 is 1.82. The van der Waals surface area contributed by atoms with Gasteiger partial charge in [-0.3, -0.25) is 0 Å². The Hall–Kier alpha value is 0.0100. The molecule has 0 aromatic heterocycles. The zero-order chi connectivity index (χ0) is 11.7. The van der Waals surface area contributed by atoms with Crippen LogP contribution in [0.15, 0.2) is 12.7 Å². The van der Waals surface area contributed by atoms with Crippen LogP contribution in [0.2, 0.25) is 0 Å². The van der Waals surface area contributed by atoms with Crippen molar-refractivity contribution in [3.8, 4) is 0 Å². The summed E-state index contributed by atoms with van der Waals surface area (Å²) < 4.78 is 0. The molecule has 0 aromatic rings. The smallest absolute Gasteiger partial charge is 0.0446 e. The fourth-order valence-corrected chi connectivity index (χ4v) is 2.24. The van der Waals surface area contributed by atoms with E-state index in [1.807, 2.05) is 17.8 Å². The molecule has 15 heavy (non-hydrogen) atoms. The topological polar surface area (TPSA) is 32.3 Å². The zero-order valence-electron chi connectivity index (χ0n) is 10.2. The number of allylic oxidation sites excluding steroid dienone is 1. The highest BCUT2D eigenvalue weighted by Crippen LogP contribution is 2.11. The molecule has 0 aliphatic carbocycles. The van der Waals surface area contributed by atoms with Gasteiger partial charge < -0.3 is 10.4 Å². The SMILES string of the molecule is C=CCC(C)C(C)NC(CCO)CSC. The van der Waals surface area contributed by atoms with Crippen LogP contribution < -0.4 is 5.32 Å². The van der Waals surface area contributed by atoms with Gasteiger partial charge in [0.25, 0.3) is 0 Å². The minimum atomic E-state index is 0.265. The lowest BCUT2D eigenvalue weighted by Gasteiger charge is -2.26. The molecule has 3 unspecified atom stereocenters. The second-order valence-corrected chi connectivity index (χ2v) is 5.03. The van der Waals surface area contributed by atoms with Crippen LogP contribution in [0.1, 0.15) is 26.7 Å². The summed E-state index contributed by atoms with van der Waals surface area (Å²) in [6, 6.07) is 0.902. The maximum Gasteiger partial charge on any atom is 0.0446 e. The first kappa shape index (κ1) is 15.0. The Labute approximate surface area is 98.5 Å². The number of nitrogens with one attached hydrogen (secondary N) is 1. The normalized spacial score (nSPS) is 17.1. The minimum Gasteiger partial charge on any atom is -0.396 e. The maximum atomic E-state index is 8.95. The maximum absolute atomic E-state index is 8.95. The highest BCUT2D eigenvalue weighted by molar-refractivity contribution is 7.98. The second-order valence-electron chi connectivity index (χ2n) is 4.12. The van der Waals surface area contributed by atoms with Crippen LogP contribution in [-0.4, -0.2) is 35.8 Å². The standard InChI is InChI=1S/C12H25NOS/c1-5-6-10(2)11(3)13-12(7-8-14)9-15-4/h5,10-14H,1,6-9H2,2-4H3. The summed E-state index contributed by atoms with van der Waals surface area (Å²) in [7, 11) is 0. The quantitative estimate of drug-likeness (QED) is 0.597. The molecule has 0 heterocycles. The number of rotatable bonds is 9. The van der Waals surface area contributed by atoms with Crippen LogP contribution >= 0.6 is 11.8 Å². The summed E-state index contributed by atoms with van der Waals surface area (Å²) in [5.41, 5.74) is 0. The van der Waals surface area contributed by atoms with Crippen molar-refractivity contribution in [2.24, 2.45) is 5.92 Å². The molecule has 0 saturated heterocycles. The minimum absolute atomic E-state index is 0.265. The van der Waals surface area contributed by atoms with E-state index < -0.39 is 0 Å². The van der Waals surface area contributed by atoms with Crippen molar-refractivity contribution in [2.45, 2.75) is 38.8 Å². The van der Waals surface area contributed by atoms with E-state index in [9.17, 15) is 0 Å². The first-order valence-corrected chi connectivity index (χ1v) is 7.01.